The first-order valence-electron chi connectivity index (χ1n) is 7.99. The van der Waals surface area contributed by atoms with Crippen LogP contribution < -0.4 is 0 Å². The predicted molar refractivity (Wildman–Crippen MR) is 92.1 cm³/mol. The van der Waals surface area contributed by atoms with Crippen molar-refractivity contribution in [2.24, 2.45) is 0 Å². The van der Waals surface area contributed by atoms with E-state index >= 15 is 0 Å². The zero-order valence-electron chi connectivity index (χ0n) is 15.0. The summed E-state index contributed by atoms with van der Waals surface area (Å²) in [6.07, 6.45) is 2.23. The zero-order chi connectivity index (χ0) is 19.3. The Bertz CT molecular complexity index is 953. The van der Waals surface area contributed by atoms with Crippen LogP contribution in [0.4, 0.5) is 9.18 Å². The van der Waals surface area contributed by atoms with E-state index in [0.29, 0.717) is 12.2 Å². The van der Waals surface area contributed by atoms with E-state index in [-0.39, 0.29) is 17.1 Å². The van der Waals surface area contributed by atoms with Crippen LogP contribution >= 0.6 is 0 Å². The normalized spacial score (nSPS) is 14.4. The molecular formula is C17H20FN3O4S. The van der Waals surface area contributed by atoms with Gasteiger partial charge in [-0.15, -0.1) is 0 Å². The van der Waals surface area contributed by atoms with E-state index < -0.39 is 27.3 Å². The van der Waals surface area contributed by atoms with Crippen LogP contribution in [0, 0.1) is 5.82 Å². The molecule has 0 spiro atoms. The molecule has 0 aliphatic carbocycles. The molecule has 26 heavy (non-hydrogen) atoms. The molecule has 1 aliphatic heterocycles. The topological polar surface area (TPSA) is 81.5 Å². The summed E-state index contributed by atoms with van der Waals surface area (Å²) in [5.41, 5.74) is 1.02. The summed E-state index contributed by atoms with van der Waals surface area (Å²) in [6, 6.07) is 3.69. The van der Waals surface area contributed by atoms with Gasteiger partial charge in [-0.3, -0.25) is 4.90 Å². The molecule has 0 atom stereocenters. The van der Waals surface area contributed by atoms with E-state index in [9.17, 15) is 17.6 Å². The van der Waals surface area contributed by atoms with Crippen LogP contribution in [0.1, 0.15) is 32.0 Å². The summed E-state index contributed by atoms with van der Waals surface area (Å²) >= 11 is 0. The van der Waals surface area contributed by atoms with Crippen molar-refractivity contribution in [2.75, 3.05) is 6.26 Å². The maximum Gasteiger partial charge on any atom is 0.410 e. The summed E-state index contributed by atoms with van der Waals surface area (Å²) in [6.45, 7) is 5.99. The monoisotopic (exact) mass is 381 g/mol. The largest absolute Gasteiger partial charge is 0.444 e. The predicted octanol–water partition coefficient (Wildman–Crippen LogP) is 2.67. The molecule has 2 heterocycles. The molecule has 7 nitrogen and oxygen atoms in total. The molecule has 0 N–H and O–H groups in total. The maximum absolute atomic E-state index is 14.3. The number of amides is 1. The average molecular weight is 381 g/mol. The number of rotatable bonds is 2. The van der Waals surface area contributed by atoms with Crippen molar-refractivity contribution in [1.82, 2.24) is 14.7 Å². The average Bonchev–Trinajstić information content (AvgIpc) is 3.02. The van der Waals surface area contributed by atoms with Gasteiger partial charge in [-0.25, -0.2) is 22.3 Å². The molecule has 0 fully saturated rings. The minimum atomic E-state index is -3.48. The first kappa shape index (κ1) is 18.4. The van der Waals surface area contributed by atoms with Gasteiger partial charge in [0, 0.05) is 18.0 Å². The summed E-state index contributed by atoms with van der Waals surface area (Å²) in [7, 11) is -3.48. The number of fused-ring (bicyclic) bond motifs is 1. The molecule has 1 aromatic carbocycles. The third-order valence-electron chi connectivity index (χ3n) is 3.82. The molecule has 1 aromatic heterocycles. The molecule has 3 rings (SSSR count). The summed E-state index contributed by atoms with van der Waals surface area (Å²) < 4.78 is 44.0. The molecule has 0 unspecified atom stereocenters. The molecule has 1 amide bonds. The maximum atomic E-state index is 14.3. The van der Waals surface area contributed by atoms with Crippen molar-refractivity contribution >= 4 is 15.9 Å². The third-order valence-corrected chi connectivity index (χ3v) is 4.94. The van der Waals surface area contributed by atoms with Crippen molar-refractivity contribution < 1.29 is 22.3 Å². The quantitative estimate of drug-likeness (QED) is 0.799. The molecule has 0 saturated heterocycles. The van der Waals surface area contributed by atoms with E-state index in [1.165, 1.54) is 21.7 Å². The fourth-order valence-electron chi connectivity index (χ4n) is 2.64. The van der Waals surface area contributed by atoms with Crippen molar-refractivity contribution in [2.45, 2.75) is 44.4 Å². The second-order valence-electron chi connectivity index (χ2n) is 7.27. The highest BCUT2D eigenvalue weighted by molar-refractivity contribution is 7.90. The number of halogens is 1. The molecule has 2 aromatic rings. The van der Waals surface area contributed by atoms with Gasteiger partial charge in [0.2, 0.25) is 0 Å². The zero-order valence-corrected chi connectivity index (χ0v) is 15.8. The van der Waals surface area contributed by atoms with Crippen molar-refractivity contribution in [1.29, 1.82) is 0 Å². The number of aromatic nitrogens is 2. The number of benzene rings is 1. The molecule has 0 saturated carbocycles. The lowest BCUT2D eigenvalue weighted by atomic mass is 10.2. The van der Waals surface area contributed by atoms with Crippen LogP contribution in [0.25, 0.3) is 5.69 Å². The van der Waals surface area contributed by atoms with Crippen molar-refractivity contribution in [3.8, 4) is 5.69 Å². The van der Waals surface area contributed by atoms with Gasteiger partial charge in [0.05, 0.1) is 23.7 Å². The van der Waals surface area contributed by atoms with Gasteiger partial charge in [0.25, 0.3) is 0 Å². The molecular weight excluding hydrogens is 361 g/mol. The Morgan fingerprint density at radius 2 is 1.96 bits per heavy atom. The van der Waals surface area contributed by atoms with Gasteiger partial charge >= 0.3 is 6.09 Å². The van der Waals surface area contributed by atoms with Gasteiger partial charge in [-0.2, -0.15) is 5.10 Å². The lowest BCUT2D eigenvalue weighted by molar-refractivity contribution is 0.0239. The highest BCUT2D eigenvalue weighted by Gasteiger charge is 2.30. The Morgan fingerprint density at radius 1 is 1.27 bits per heavy atom. The van der Waals surface area contributed by atoms with Gasteiger partial charge in [0.1, 0.15) is 17.1 Å². The van der Waals surface area contributed by atoms with Gasteiger partial charge in [0.15, 0.2) is 9.84 Å². The fourth-order valence-corrected chi connectivity index (χ4v) is 3.27. The SMILES string of the molecule is CC(C)(C)OC(=O)N1Cc2cn(-c3ccc(S(C)(=O)=O)cc3F)nc2C1. The molecule has 9 heteroatoms. The Balaban J connectivity index is 1.80. The van der Waals surface area contributed by atoms with Gasteiger partial charge < -0.3 is 4.74 Å². The Kier molecular flexibility index (Phi) is 4.30. The van der Waals surface area contributed by atoms with E-state index in [4.69, 9.17) is 4.74 Å². The first-order chi connectivity index (χ1) is 11.9. The highest BCUT2D eigenvalue weighted by Crippen LogP contribution is 2.26. The number of hydrogen-bond donors (Lipinski definition) is 0. The summed E-state index contributed by atoms with van der Waals surface area (Å²) in [4.78, 5) is 13.6. The van der Waals surface area contributed by atoms with E-state index in [0.717, 1.165) is 17.9 Å². The minimum Gasteiger partial charge on any atom is -0.444 e. The van der Waals surface area contributed by atoms with Crippen LogP contribution in [0.3, 0.4) is 0 Å². The lowest BCUT2D eigenvalue weighted by Crippen LogP contribution is -2.33. The number of carbonyl (C=O) groups excluding carboxylic acids is 1. The highest BCUT2D eigenvalue weighted by atomic mass is 32.2. The Morgan fingerprint density at radius 3 is 2.50 bits per heavy atom. The smallest absolute Gasteiger partial charge is 0.410 e. The van der Waals surface area contributed by atoms with Crippen LogP contribution in [-0.4, -0.2) is 41.0 Å². The molecule has 0 radical (unpaired) electrons. The van der Waals surface area contributed by atoms with E-state index in [1.54, 1.807) is 27.0 Å². The number of ether oxygens (including phenoxy) is 1. The molecule has 0 bridgehead atoms. The van der Waals surface area contributed by atoms with Gasteiger partial charge in [-0.05, 0) is 39.0 Å². The van der Waals surface area contributed by atoms with Crippen LogP contribution in [-0.2, 0) is 27.7 Å². The van der Waals surface area contributed by atoms with Crippen LogP contribution in [0.2, 0.25) is 0 Å². The molecule has 1 aliphatic rings. The fraction of sp³-hybridized carbons (Fsp3) is 0.412. The Hall–Kier alpha value is -2.42. The number of nitrogens with zero attached hydrogens (tertiary/aromatic N) is 3. The second-order valence-corrected chi connectivity index (χ2v) is 9.28. The Labute approximate surface area is 151 Å². The number of carbonyl (C=O) groups is 1. The second kappa shape index (κ2) is 6.08. The minimum absolute atomic E-state index is 0.0884. The number of sulfone groups is 1. The number of hydrogen-bond acceptors (Lipinski definition) is 5. The summed E-state index contributed by atoms with van der Waals surface area (Å²) in [5, 5.41) is 4.32. The van der Waals surface area contributed by atoms with Crippen LogP contribution in [0.5, 0.6) is 0 Å². The third kappa shape index (κ3) is 3.72. The van der Waals surface area contributed by atoms with Crippen molar-refractivity contribution in [3.05, 3.63) is 41.5 Å². The lowest BCUT2D eigenvalue weighted by Gasteiger charge is -2.24. The summed E-state index contributed by atoms with van der Waals surface area (Å²) in [5.74, 6) is -0.682. The van der Waals surface area contributed by atoms with E-state index in [2.05, 4.69) is 5.10 Å². The standard InChI is InChI=1S/C17H20FN3O4S/c1-17(2,3)25-16(22)20-8-11-9-21(19-14(11)10-20)15-6-5-12(7-13(15)18)26(4,23)24/h5-7,9H,8,10H2,1-4H3. The molecule has 140 valence electrons. The van der Waals surface area contributed by atoms with Crippen LogP contribution in [0.15, 0.2) is 29.3 Å². The first-order valence-corrected chi connectivity index (χ1v) is 9.88. The van der Waals surface area contributed by atoms with Crippen molar-refractivity contribution in [3.63, 3.8) is 0 Å². The van der Waals surface area contributed by atoms with Gasteiger partial charge in [-0.1, -0.05) is 0 Å². The van der Waals surface area contributed by atoms with E-state index in [1.807, 2.05) is 0 Å².